The Morgan fingerprint density at radius 1 is 1.42 bits per heavy atom. The number of para-hydroxylation sites is 1. The quantitative estimate of drug-likeness (QED) is 0.807. The molecule has 26 heavy (non-hydrogen) atoms. The summed E-state index contributed by atoms with van der Waals surface area (Å²) in [5, 5.41) is 15.0. The lowest BCUT2D eigenvalue weighted by Gasteiger charge is -2.23. The van der Waals surface area contributed by atoms with Gasteiger partial charge in [0.25, 0.3) is 5.91 Å². The lowest BCUT2D eigenvalue weighted by atomic mass is 10.1. The number of aromatic nitrogens is 3. The van der Waals surface area contributed by atoms with Gasteiger partial charge >= 0.3 is 0 Å². The number of ether oxygens (including phenoxy) is 1. The highest BCUT2D eigenvalue weighted by molar-refractivity contribution is 6.32. The third-order valence-electron chi connectivity index (χ3n) is 4.51. The van der Waals surface area contributed by atoms with Crippen LogP contribution in [0.5, 0.6) is 5.75 Å². The van der Waals surface area contributed by atoms with Gasteiger partial charge in [-0.2, -0.15) is 0 Å². The monoisotopic (exact) mass is 377 g/mol. The fourth-order valence-electron chi connectivity index (χ4n) is 3.07. The summed E-state index contributed by atoms with van der Waals surface area (Å²) in [6, 6.07) is 7.57. The zero-order chi connectivity index (χ0) is 18.5. The Morgan fingerprint density at radius 2 is 2.15 bits per heavy atom. The van der Waals surface area contributed by atoms with E-state index in [0.29, 0.717) is 29.1 Å². The molecule has 1 fully saturated rings. The molecule has 0 saturated carbocycles. The second-order valence-corrected chi connectivity index (χ2v) is 6.93. The van der Waals surface area contributed by atoms with E-state index in [4.69, 9.17) is 16.3 Å². The Kier molecular flexibility index (Phi) is 6.11. The highest BCUT2D eigenvalue weighted by Crippen LogP contribution is 2.24. The van der Waals surface area contributed by atoms with E-state index in [2.05, 4.69) is 20.9 Å². The molecule has 7 nitrogen and oxygen atoms in total. The molecule has 2 N–H and O–H groups in total. The van der Waals surface area contributed by atoms with Gasteiger partial charge in [0, 0.05) is 0 Å². The fourth-order valence-corrected chi connectivity index (χ4v) is 3.25. The van der Waals surface area contributed by atoms with E-state index in [9.17, 15) is 4.79 Å². The highest BCUT2D eigenvalue weighted by atomic mass is 35.5. The van der Waals surface area contributed by atoms with Crippen LogP contribution in [0.1, 0.15) is 42.0 Å². The highest BCUT2D eigenvalue weighted by Gasteiger charge is 2.23. The molecule has 8 heteroatoms. The Labute approximate surface area is 158 Å². The maximum Gasteiger partial charge on any atom is 0.273 e. The maximum atomic E-state index is 12.5. The van der Waals surface area contributed by atoms with E-state index < -0.39 is 0 Å². The minimum absolute atomic E-state index is 0.224. The molecule has 1 unspecified atom stereocenters. The van der Waals surface area contributed by atoms with Gasteiger partial charge in [-0.15, -0.1) is 5.10 Å². The number of carbonyl (C=O) groups excluding carboxylic acids is 1. The summed E-state index contributed by atoms with van der Waals surface area (Å²) in [5.41, 5.74) is 1.17. The zero-order valence-corrected chi connectivity index (χ0v) is 15.8. The minimum Gasteiger partial charge on any atom is -0.487 e. The summed E-state index contributed by atoms with van der Waals surface area (Å²) >= 11 is 6.09. The predicted molar refractivity (Wildman–Crippen MR) is 99.8 cm³/mol. The van der Waals surface area contributed by atoms with E-state index in [1.54, 1.807) is 12.1 Å². The number of piperidine rings is 1. The molecule has 1 aromatic carbocycles. The van der Waals surface area contributed by atoms with Gasteiger partial charge in [0.15, 0.2) is 5.69 Å². The molecule has 1 aromatic heterocycles. The Balaban J connectivity index is 1.56. The van der Waals surface area contributed by atoms with Crippen molar-refractivity contribution in [2.75, 3.05) is 19.6 Å². The first-order valence-electron chi connectivity index (χ1n) is 8.88. The molecule has 1 saturated heterocycles. The Morgan fingerprint density at radius 3 is 2.88 bits per heavy atom. The van der Waals surface area contributed by atoms with Crippen molar-refractivity contribution in [2.45, 2.75) is 38.8 Å². The lowest BCUT2D eigenvalue weighted by molar-refractivity contribution is 0.0926. The van der Waals surface area contributed by atoms with E-state index in [-0.39, 0.29) is 12.0 Å². The number of amides is 1. The first kappa shape index (κ1) is 18.7. The molecule has 2 aromatic rings. The number of rotatable bonds is 6. The maximum absolute atomic E-state index is 12.5. The van der Waals surface area contributed by atoms with Crippen molar-refractivity contribution in [2.24, 2.45) is 0 Å². The molecular weight excluding hydrogens is 354 g/mol. The van der Waals surface area contributed by atoms with Crippen LogP contribution in [-0.4, -0.2) is 46.6 Å². The number of nitrogens with one attached hydrogen (secondary N) is 2. The fraction of sp³-hybridized carbons (Fsp3) is 0.500. The van der Waals surface area contributed by atoms with Crippen LogP contribution in [0.3, 0.4) is 0 Å². The molecule has 1 atom stereocenters. The Hall–Kier alpha value is -2.12. The molecule has 0 bridgehead atoms. The van der Waals surface area contributed by atoms with Gasteiger partial charge in [0.05, 0.1) is 23.3 Å². The third kappa shape index (κ3) is 4.34. The molecular formula is C18H24ClN5O2. The first-order chi connectivity index (χ1) is 12.6. The van der Waals surface area contributed by atoms with Gasteiger partial charge in [0.2, 0.25) is 0 Å². The second kappa shape index (κ2) is 8.51. The summed E-state index contributed by atoms with van der Waals surface area (Å²) < 4.78 is 7.64. The number of hydrogen-bond acceptors (Lipinski definition) is 5. The van der Waals surface area contributed by atoms with Crippen molar-refractivity contribution in [3.05, 3.63) is 40.7 Å². The van der Waals surface area contributed by atoms with Crippen molar-refractivity contribution in [1.29, 1.82) is 0 Å². The lowest BCUT2D eigenvalue weighted by Crippen LogP contribution is -2.34. The van der Waals surface area contributed by atoms with Crippen molar-refractivity contribution in [1.82, 2.24) is 25.6 Å². The summed E-state index contributed by atoms with van der Waals surface area (Å²) in [6.07, 6.45) is 1.76. The number of hydrogen-bond donors (Lipinski definition) is 2. The van der Waals surface area contributed by atoms with Crippen molar-refractivity contribution < 1.29 is 9.53 Å². The summed E-state index contributed by atoms with van der Waals surface area (Å²) in [7, 11) is 0. The van der Waals surface area contributed by atoms with Gasteiger partial charge < -0.3 is 15.4 Å². The normalized spacial score (nSPS) is 16.3. The van der Waals surface area contributed by atoms with Crippen LogP contribution in [0, 0.1) is 6.92 Å². The number of benzene rings is 1. The van der Waals surface area contributed by atoms with E-state index in [1.165, 1.54) is 0 Å². The van der Waals surface area contributed by atoms with Gasteiger partial charge in [-0.25, -0.2) is 4.68 Å². The Bertz CT molecular complexity index is 758. The summed E-state index contributed by atoms with van der Waals surface area (Å²) in [5.74, 6) is 0.362. The standard InChI is InChI=1S/C18H24ClN5O2/c1-12(26-16-6-4-3-5-15(16)19)11-21-18(25)17-13(2)24(23-22-17)14-7-9-20-10-8-14/h3-6,12,14,20H,7-11H2,1-2H3,(H,21,25). The van der Waals surface area contributed by atoms with E-state index >= 15 is 0 Å². The van der Waals surface area contributed by atoms with Crippen molar-refractivity contribution >= 4 is 17.5 Å². The molecule has 0 spiro atoms. The van der Waals surface area contributed by atoms with Crippen LogP contribution >= 0.6 is 11.6 Å². The first-order valence-corrected chi connectivity index (χ1v) is 9.26. The van der Waals surface area contributed by atoms with Gasteiger partial charge in [-0.3, -0.25) is 4.79 Å². The topological polar surface area (TPSA) is 81.1 Å². The predicted octanol–water partition coefficient (Wildman–Crippen LogP) is 2.36. The van der Waals surface area contributed by atoms with Crippen LogP contribution in [0.25, 0.3) is 0 Å². The average molecular weight is 378 g/mol. The molecule has 1 amide bonds. The molecule has 140 valence electrons. The molecule has 3 rings (SSSR count). The average Bonchev–Trinajstić information content (AvgIpc) is 3.04. The van der Waals surface area contributed by atoms with Gasteiger partial charge in [-0.05, 0) is 51.9 Å². The minimum atomic E-state index is -0.239. The zero-order valence-electron chi connectivity index (χ0n) is 15.0. The molecule has 0 aliphatic carbocycles. The van der Waals surface area contributed by atoms with Crippen LogP contribution in [0.4, 0.5) is 0 Å². The van der Waals surface area contributed by atoms with Crippen LogP contribution in [0.15, 0.2) is 24.3 Å². The van der Waals surface area contributed by atoms with Crippen LogP contribution in [-0.2, 0) is 0 Å². The third-order valence-corrected chi connectivity index (χ3v) is 4.82. The largest absolute Gasteiger partial charge is 0.487 e. The summed E-state index contributed by atoms with van der Waals surface area (Å²) in [4.78, 5) is 12.5. The number of carbonyl (C=O) groups is 1. The van der Waals surface area contributed by atoms with Gasteiger partial charge in [-0.1, -0.05) is 28.9 Å². The van der Waals surface area contributed by atoms with Crippen molar-refractivity contribution in [3.63, 3.8) is 0 Å². The van der Waals surface area contributed by atoms with Crippen LogP contribution in [0.2, 0.25) is 5.02 Å². The molecule has 2 heterocycles. The molecule has 1 aliphatic rings. The van der Waals surface area contributed by atoms with E-state index in [0.717, 1.165) is 31.6 Å². The van der Waals surface area contributed by atoms with E-state index in [1.807, 2.05) is 30.7 Å². The number of halogens is 1. The molecule has 0 radical (unpaired) electrons. The smallest absolute Gasteiger partial charge is 0.273 e. The van der Waals surface area contributed by atoms with Crippen molar-refractivity contribution in [3.8, 4) is 5.75 Å². The second-order valence-electron chi connectivity index (χ2n) is 6.52. The number of nitrogens with zero attached hydrogens (tertiary/aromatic N) is 3. The molecule has 1 aliphatic heterocycles. The summed E-state index contributed by atoms with van der Waals surface area (Å²) in [6.45, 7) is 6.04. The SMILES string of the molecule is Cc1c(C(=O)NCC(C)Oc2ccccc2Cl)nnn1C1CCNCC1. The van der Waals surface area contributed by atoms with Gasteiger partial charge in [0.1, 0.15) is 11.9 Å². The van der Waals surface area contributed by atoms with Crippen LogP contribution < -0.4 is 15.4 Å².